The van der Waals surface area contributed by atoms with E-state index in [1.54, 1.807) is 32.4 Å². The highest BCUT2D eigenvalue weighted by Gasteiger charge is 2.26. The average molecular weight is 404 g/mol. The zero-order valence-corrected chi connectivity index (χ0v) is 17.8. The minimum Gasteiger partial charge on any atom is -0.493 e. The number of ether oxygens (including phenoxy) is 2. The predicted molar refractivity (Wildman–Crippen MR) is 114 cm³/mol. The van der Waals surface area contributed by atoms with Crippen LogP contribution >= 0.6 is 0 Å². The molecule has 1 atom stereocenters. The molecule has 1 heterocycles. The van der Waals surface area contributed by atoms with Gasteiger partial charge in [-0.15, -0.1) is 0 Å². The summed E-state index contributed by atoms with van der Waals surface area (Å²) in [5, 5.41) is 17.0. The lowest BCUT2D eigenvalue weighted by Crippen LogP contribution is -2.44. The lowest BCUT2D eigenvalue weighted by molar-refractivity contribution is 0.0386. The van der Waals surface area contributed by atoms with Gasteiger partial charge in [0.15, 0.2) is 5.96 Å². The molecule has 0 aliphatic carbocycles. The van der Waals surface area contributed by atoms with Gasteiger partial charge in [-0.2, -0.15) is 0 Å². The zero-order chi connectivity index (χ0) is 21.1. The summed E-state index contributed by atoms with van der Waals surface area (Å²) in [6, 6.07) is 9.63. The fourth-order valence-corrected chi connectivity index (χ4v) is 2.75. The van der Waals surface area contributed by atoms with Crippen LogP contribution in [-0.4, -0.2) is 44.5 Å². The number of nitrogens with zero attached hydrogens (tertiary/aromatic N) is 1. The molecule has 1 aromatic carbocycles. The number of aryl methyl sites for hydroxylation is 1. The van der Waals surface area contributed by atoms with Crippen molar-refractivity contribution in [3.63, 3.8) is 0 Å². The standard InChI is InChI=1S/C22H33N3O4/c1-5-23-21(25-16-22(3,26)20-8-6-12-29-20)24-15-18-10-9-17(2)14-19(18)28-13-7-11-27-4/h6,8-10,12,14,26H,5,7,11,13,15-16H2,1-4H3,(H2,23,24,25). The number of methoxy groups -OCH3 is 1. The van der Waals surface area contributed by atoms with Crippen LogP contribution < -0.4 is 15.4 Å². The van der Waals surface area contributed by atoms with Gasteiger partial charge in [0.1, 0.15) is 17.1 Å². The highest BCUT2D eigenvalue weighted by molar-refractivity contribution is 5.79. The lowest BCUT2D eigenvalue weighted by atomic mass is 10.0. The molecule has 1 unspecified atom stereocenters. The molecule has 0 amide bonds. The van der Waals surface area contributed by atoms with Gasteiger partial charge in [-0.05, 0) is 44.5 Å². The number of aliphatic hydroxyl groups is 1. The number of nitrogens with one attached hydrogen (secondary N) is 2. The molecule has 0 saturated heterocycles. The number of hydrogen-bond donors (Lipinski definition) is 3. The summed E-state index contributed by atoms with van der Waals surface area (Å²) < 4.78 is 16.3. The van der Waals surface area contributed by atoms with Crippen LogP contribution in [0.1, 0.15) is 37.2 Å². The molecule has 0 fully saturated rings. The Kier molecular flexibility index (Phi) is 9.02. The van der Waals surface area contributed by atoms with E-state index in [1.807, 2.05) is 26.0 Å². The third-order valence-electron chi connectivity index (χ3n) is 4.38. The van der Waals surface area contributed by atoms with Crippen molar-refractivity contribution < 1.29 is 19.0 Å². The fourth-order valence-electron chi connectivity index (χ4n) is 2.75. The number of aliphatic imine (C=N–C) groups is 1. The van der Waals surface area contributed by atoms with E-state index in [0.717, 1.165) is 23.3 Å². The summed E-state index contributed by atoms with van der Waals surface area (Å²) in [5.41, 5.74) is 1.00. The number of hydrogen-bond acceptors (Lipinski definition) is 5. The molecule has 7 nitrogen and oxygen atoms in total. The normalized spacial score (nSPS) is 13.8. The van der Waals surface area contributed by atoms with Crippen molar-refractivity contribution in [3.8, 4) is 5.75 Å². The number of rotatable bonds is 11. The predicted octanol–water partition coefficient (Wildman–Crippen LogP) is 2.97. The van der Waals surface area contributed by atoms with Crippen molar-refractivity contribution in [2.24, 2.45) is 4.99 Å². The second kappa shape index (κ2) is 11.5. The van der Waals surface area contributed by atoms with E-state index in [-0.39, 0.29) is 6.54 Å². The van der Waals surface area contributed by atoms with E-state index in [2.05, 4.69) is 21.7 Å². The van der Waals surface area contributed by atoms with Crippen LogP contribution in [0.2, 0.25) is 0 Å². The summed E-state index contributed by atoms with van der Waals surface area (Å²) in [7, 11) is 1.69. The van der Waals surface area contributed by atoms with Crippen molar-refractivity contribution in [1.29, 1.82) is 0 Å². The molecule has 0 saturated carbocycles. The van der Waals surface area contributed by atoms with Crippen molar-refractivity contribution in [3.05, 3.63) is 53.5 Å². The van der Waals surface area contributed by atoms with Crippen LogP contribution in [0.4, 0.5) is 0 Å². The number of benzene rings is 1. The van der Waals surface area contributed by atoms with Crippen LogP contribution in [0.15, 0.2) is 46.0 Å². The second-order valence-electron chi connectivity index (χ2n) is 7.11. The minimum absolute atomic E-state index is 0.265. The number of furan rings is 1. The van der Waals surface area contributed by atoms with Gasteiger partial charge in [0, 0.05) is 32.2 Å². The van der Waals surface area contributed by atoms with Crippen LogP contribution in [-0.2, 0) is 16.9 Å². The van der Waals surface area contributed by atoms with Crippen molar-refractivity contribution in [2.75, 3.05) is 33.4 Å². The average Bonchev–Trinajstić information content (AvgIpc) is 3.24. The maximum Gasteiger partial charge on any atom is 0.191 e. The van der Waals surface area contributed by atoms with Crippen molar-refractivity contribution >= 4 is 5.96 Å². The smallest absolute Gasteiger partial charge is 0.191 e. The van der Waals surface area contributed by atoms with E-state index in [4.69, 9.17) is 13.9 Å². The molecule has 2 aromatic rings. The Balaban J connectivity index is 2.03. The van der Waals surface area contributed by atoms with Gasteiger partial charge in [-0.1, -0.05) is 12.1 Å². The van der Waals surface area contributed by atoms with Gasteiger partial charge in [0.25, 0.3) is 0 Å². The summed E-state index contributed by atoms with van der Waals surface area (Å²) in [6.45, 7) is 8.44. The minimum atomic E-state index is -1.14. The zero-order valence-electron chi connectivity index (χ0n) is 17.8. The number of guanidine groups is 1. The Hall–Kier alpha value is -2.51. The monoisotopic (exact) mass is 403 g/mol. The molecular formula is C22H33N3O4. The molecule has 1 aromatic heterocycles. The topological polar surface area (TPSA) is 88.3 Å². The molecule has 2 rings (SSSR count). The van der Waals surface area contributed by atoms with Gasteiger partial charge < -0.3 is 29.6 Å². The van der Waals surface area contributed by atoms with Crippen LogP contribution in [0, 0.1) is 6.92 Å². The molecule has 160 valence electrons. The van der Waals surface area contributed by atoms with E-state index < -0.39 is 5.60 Å². The van der Waals surface area contributed by atoms with Crippen molar-refractivity contribution in [2.45, 2.75) is 39.3 Å². The molecule has 0 bridgehead atoms. The Morgan fingerprint density at radius 1 is 1.24 bits per heavy atom. The Bertz CT molecular complexity index is 757. The molecule has 7 heteroatoms. The van der Waals surface area contributed by atoms with Gasteiger partial charge in [0.2, 0.25) is 0 Å². The fraction of sp³-hybridized carbons (Fsp3) is 0.500. The largest absolute Gasteiger partial charge is 0.493 e. The van der Waals surface area contributed by atoms with Gasteiger partial charge in [-0.25, -0.2) is 4.99 Å². The molecule has 0 aliphatic heterocycles. The molecule has 3 N–H and O–H groups in total. The second-order valence-corrected chi connectivity index (χ2v) is 7.11. The first-order chi connectivity index (χ1) is 14.0. The maximum atomic E-state index is 10.6. The first-order valence-corrected chi connectivity index (χ1v) is 9.96. The first kappa shape index (κ1) is 22.8. The summed E-state index contributed by atoms with van der Waals surface area (Å²) >= 11 is 0. The van der Waals surface area contributed by atoms with E-state index in [9.17, 15) is 5.11 Å². The summed E-state index contributed by atoms with van der Waals surface area (Å²) in [6.07, 6.45) is 2.38. The van der Waals surface area contributed by atoms with E-state index in [0.29, 0.717) is 38.0 Å². The lowest BCUT2D eigenvalue weighted by Gasteiger charge is -2.22. The molecule has 29 heavy (non-hydrogen) atoms. The maximum absolute atomic E-state index is 10.6. The van der Waals surface area contributed by atoms with Crippen LogP contribution in [0.5, 0.6) is 5.75 Å². The van der Waals surface area contributed by atoms with E-state index in [1.165, 1.54) is 0 Å². The third kappa shape index (κ3) is 7.44. The van der Waals surface area contributed by atoms with Crippen LogP contribution in [0.3, 0.4) is 0 Å². The molecule has 0 spiro atoms. The highest BCUT2D eigenvalue weighted by atomic mass is 16.5. The quantitative estimate of drug-likeness (QED) is 0.304. The molecular weight excluding hydrogens is 370 g/mol. The third-order valence-corrected chi connectivity index (χ3v) is 4.38. The SMILES string of the molecule is CCNC(=NCc1ccc(C)cc1OCCCOC)NCC(C)(O)c1ccco1. The first-order valence-electron chi connectivity index (χ1n) is 9.96. The van der Waals surface area contributed by atoms with Crippen LogP contribution in [0.25, 0.3) is 0 Å². The van der Waals surface area contributed by atoms with Gasteiger partial charge in [0.05, 0.1) is 26.0 Å². The van der Waals surface area contributed by atoms with E-state index >= 15 is 0 Å². The Labute approximate surface area is 173 Å². The van der Waals surface area contributed by atoms with Crippen molar-refractivity contribution in [1.82, 2.24) is 10.6 Å². The summed E-state index contributed by atoms with van der Waals surface area (Å²) in [5.74, 6) is 1.96. The van der Waals surface area contributed by atoms with Gasteiger partial charge in [-0.3, -0.25) is 0 Å². The molecule has 0 radical (unpaired) electrons. The Morgan fingerprint density at radius 2 is 2.07 bits per heavy atom. The highest BCUT2D eigenvalue weighted by Crippen LogP contribution is 2.22. The molecule has 0 aliphatic rings. The Morgan fingerprint density at radius 3 is 2.76 bits per heavy atom. The van der Waals surface area contributed by atoms with Gasteiger partial charge >= 0.3 is 0 Å². The summed E-state index contributed by atoms with van der Waals surface area (Å²) in [4.78, 5) is 4.65.